The van der Waals surface area contributed by atoms with E-state index in [1.807, 2.05) is 19.9 Å². The Morgan fingerprint density at radius 1 is 0.676 bits per heavy atom. The van der Waals surface area contributed by atoms with Gasteiger partial charge in [0.25, 0.3) is 0 Å². The molecule has 0 saturated carbocycles. The number of hydrogen-bond acceptors (Lipinski definition) is 8. The zero-order valence-corrected chi connectivity index (χ0v) is 19.9. The Hall–Kier alpha value is -4.73. The molecule has 0 aliphatic carbocycles. The van der Waals surface area contributed by atoms with Crippen molar-refractivity contribution in [3.8, 4) is 0 Å². The van der Waals surface area contributed by atoms with Gasteiger partial charge in [0.1, 0.15) is 29.1 Å². The van der Waals surface area contributed by atoms with Crippen LogP contribution in [0.2, 0.25) is 0 Å². The molecular weight excluding hydrogens is 493 g/mol. The lowest BCUT2D eigenvalue weighted by Crippen LogP contribution is -1.97. The van der Waals surface area contributed by atoms with E-state index in [0.29, 0.717) is 35.9 Å². The summed E-state index contributed by atoms with van der Waals surface area (Å²) in [5.41, 5.74) is 0.912. The van der Waals surface area contributed by atoms with Gasteiger partial charge in [-0.05, 0) is 23.3 Å². The number of carbonyl (C=O) groups excluding carboxylic acids is 4. The predicted octanol–water partition coefficient (Wildman–Crippen LogP) is 3.17. The number of aromatic nitrogens is 6. The third kappa shape index (κ3) is 10.6. The van der Waals surface area contributed by atoms with E-state index in [2.05, 4.69) is 30.4 Å². The van der Waals surface area contributed by atoms with Crippen molar-refractivity contribution < 1.29 is 32.3 Å². The van der Waals surface area contributed by atoms with Crippen LogP contribution >= 0.6 is 0 Å². The normalized spacial score (nSPS) is 9.32. The molecule has 0 atom stereocenters. The summed E-state index contributed by atoms with van der Waals surface area (Å²) >= 11 is 0. The molecule has 10 nitrogen and oxygen atoms in total. The molecule has 13 heteroatoms. The highest BCUT2D eigenvalue weighted by Gasteiger charge is 2.10. The molecule has 0 radical (unpaired) electrons. The molecule has 4 rings (SSSR count). The van der Waals surface area contributed by atoms with Crippen LogP contribution in [0.3, 0.4) is 0 Å². The molecule has 0 saturated heterocycles. The number of H-pyrrole nitrogens is 2. The second-order valence-electron chi connectivity index (χ2n) is 6.93. The first kappa shape index (κ1) is 30.3. The molecule has 2 aromatic carbocycles. The van der Waals surface area contributed by atoms with E-state index in [-0.39, 0.29) is 30.1 Å². The van der Waals surface area contributed by atoms with E-state index in [4.69, 9.17) is 19.2 Å². The topological polar surface area (TPSA) is 151 Å². The van der Waals surface area contributed by atoms with Gasteiger partial charge in [-0.25, -0.2) is 23.1 Å². The minimum Gasteiger partial charge on any atom is -0.263 e. The van der Waals surface area contributed by atoms with Crippen molar-refractivity contribution in [1.29, 1.82) is 0 Å². The fraction of sp³-hybridized carbons (Fsp3) is 0.250. The summed E-state index contributed by atoms with van der Waals surface area (Å²) in [7, 11) is 0. The van der Waals surface area contributed by atoms with Gasteiger partial charge in [-0.2, -0.15) is 29.4 Å². The zero-order chi connectivity index (χ0) is 27.6. The van der Waals surface area contributed by atoms with E-state index in [0.717, 1.165) is 18.3 Å². The summed E-state index contributed by atoms with van der Waals surface area (Å²) in [5.74, 6) is 0.822. The van der Waals surface area contributed by atoms with Crippen LogP contribution in [0.5, 0.6) is 0 Å². The quantitative estimate of drug-likeness (QED) is 0.397. The lowest BCUT2D eigenvalue weighted by atomic mass is 10.1. The zero-order valence-electron chi connectivity index (χ0n) is 19.9. The summed E-state index contributed by atoms with van der Waals surface area (Å²) in [6.07, 6.45) is 2.67. The maximum atomic E-state index is 13.3. The Labute approximate surface area is 209 Å². The predicted molar refractivity (Wildman–Crippen MR) is 120 cm³/mol. The van der Waals surface area contributed by atoms with Crippen molar-refractivity contribution >= 4 is 12.3 Å². The molecule has 37 heavy (non-hydrogen) atoms. The summed E-state index contributed by atoms with van der Waals surface area (Å²) in [6.45, 7) is 3.91. The maximum Gasteiger partial charge on any atom is 0.373 e. The number of nitrogens with one attached hydrogen (secondary N) is 2. The summed E-state index contributed by atoms with van der Waals surface area (Å²) in [5, 5.41) is 13.4. The second-order valence-corrected chi connectivity index (χ2v) is 6.93. The molecule has 2 aromatic heterocycles. The first-order valence-electron chi connectivity index (χ1n) is 10.8. The average molecular weight is 516 g/mol. The number of aryl methyl sites for hydroxylation is 2. The van der Waals surface area contributed by atoms with Crippen LogP contribution in [-0.2, 0) is 44.9 Å². The van der Waals surface area contributed by atoms with Crippen LogP contribution in [0, 0.1) is 17.5 Å². The molecule has 0 bridgehead atoms. The molecule has 0 aliphatic rings. The number of halogens is 3. The Bertz CT molecular complexity index is 1300. The molecule has 2 N–H and O–H groups in total. The Morgan fingerprint density at radius 3 is 1.57 bits per heavy atom. The highest BCUT2D eigenvalue weighted by Crippen LogP contribution is 2.14. The van der Waals surface area contributed by atoms with Crippen LogP contribution < -0.4 is 0 Å². The number of nitrogens with zero attached hydrogens (tertiary/aromatic N) is 4. The number of rotatable bonds is 6. The van der Waals surface area contributed by atoms with Crippen LogP contribution in [0.15, 0.2) is 42.5 Å². The first-order chi connectivity index (χ1) is 17.8. The van der Waals surface area contributed by atoms with Crippen LogP contribution in [0.25, 0.3) is 0 Å². The standard InChI is InChI=1S/C11H11F2N3.C11H12FN3.2CO2/c1-2-9-14-10(16-15-9)6-7-4-3-5-8(12)11(7)13;1-2-10-13-11(15-14-10)7-8-5-3-4-6-9(8)12;2*2-1-3/h3-5H,2,6H2,1H3,(H,14,15,16);3-6H,2,7H2,1H3,(H,13,14,15);;. The Kier molecular flexibility index (Phi) is 13.8. The second kappa shape index (κ2) is 16.8. The van der Waals surface area contributed by atoms with Crippen molar-refractivity contribution in [2.75, 3.05) is 0 Å². The molecule has 4 aromatic rings. The van der Waals surface area contributed by atoms with Crippen LogP contribution in [0.4, 0.5) is 13.2 Å². The average Bonchev–Trinajstić information content (AvgIpc) is 3.54. The van der Waals surface area contributed by atoms with Gasteiger partial charge >= 0.3 is 12.3 Å². The monoisotopic (exact) mass is 516 g/mol. The van der Waals surface area contributed by atoms with Gasteiger partial charge in [0.15, 0.2) is 11.6 Å². The largest absolute Gasteiger partial charge is 0.373 e. The molecule has 0 amide bonds. The third-order valence-corrected chi connectivity index (χ3v) is 4.49. The Morgan fingerprint density at radius 2 is 1.11 bits per heavy atom. The number of benzene rings is 2. The lowest BCUT2D eigenvalue weighted by molar-refractivity contribution is -0.193. The smallest absolute Gasteiger partial charge is 0.263 e. The van der Waals surface area contributed by atoms with E-state index in [9.17, 15) is 13.2 Å². The fourth-order valence-corrected chi connectivity index (χ4v) is 2.83. The van der Waals surface area contributed by atoms with Crippen molar-refractivity contribution in [2.45, 2.75) is 39.5 Å². The van der Waals surface area contributed by atoms with Gasteiger partial charge < -0.3 is 0 Å². The van der Waals surface area contributed by atoms with Crippen molar-refractivity contribution in [3.63, 3.8) is 0 Å². The number of aromatic amines is 2. The van der Waals surface area contributed by atoms with Crippen molar-refractivity contribution in [3.05, 3.63) is 94.3 Å². The van der Waals surface area contributed by atoms with E-state index in [1.54, 1.807) is 12.1 Å². The fourth-order valence-electron chi connectivity index (χ4n) is 2.83. The van der Waals surface area contributed by atoms with Crippen LogP contribution in [-0.4, -0.2) is 42.7 Å². The molecule has 2 heterocycles. The molecule has 194 valence electrons. The van der Waals surface area contributed by atoms with Gasteiger partial charge in [-0.3, -0.25) is 10.2 Å². The first-order valence-corrected chi connectivity index (χ1v) is 10.8. The minimum absolute atomic E-state index is 0.202. The van der Waals surface area contributed by atoms with E-state index >= 15 is 0 Å². The van der Waals surface area contributed by atoms with Gasteiger partial charge in [0.05, 0.1) is 0 Å². The Balaban J connectivity index is 0.000000306. The summed E-state index contributed by atoms with van der Waals surface area (Å²) in [4.78, 5) is 40.9. The lowest BCUT2D eigenvalue weighted by Gasteiger charge is -2.00. The number of hydrogen-bond donors (Lipinski definition) is 2. The highest BCUT2D eigenvalue weighted by atomic mass is 19.2. The SMILES string of the molecule is CCc1n[nH]c(Cc2cccc(F)c2F)n1.CCc1n[nH]c(Cc2ccccc2F)n1.O=C=O.O=C=O. The molecule has 0 aliphatic heterocycles. The molecule has 0 spiro atoms. The summed E-state index contributed by atoms with van der Waals surface area (Å²) < 4.78 is 39.6. The molecule has 0 fully saturated rings. The maximum absolute atomic E-state index is 13.3. The third-order valence-electron chi connectivity index (χ3n) is 4.49. The van der Waals surface area contributed by atoms with Crippen LogP contribution in [0.1, 0.15) is 48.3 Å². The van der Waals surface area contributed by atoms with Crippen molar-refractivity contribution in [1.82, 2.24) is 30.4 Å². The molecular formula is C24H23F3N6O4. The minimum atomic E-state index is -0.840. The van der Waals surface area contributed by atoms with Crippen molar-refractivity contribution in [2.24, 2.45) is 0 Å². The van der Waals surface area contributed by atoms with E-state index in [1.165, 1.54) is 18.2 Å². The highest BCUT2D eigenvalue weighted by molar-refractivity contribution is 5.23. The summed E-state index contributed by atoms with van der Waals surface area (Å²) in [6, 6.07) is 10.8. The van der Waals surface area contributed by atoms with Gasteiger partial charge in [0.2, 0.25) is 0 Å². The molecule has 0 unspecified atom stereocenters. The van der Waals surface area contributed by atoms with Gasteiger partial charge in [0, 0.05) is 25.7 Å². The van der Waals surface area contributed by atoms with E-state index < -0.39 is 11.6 Å². The van der Waals surface area contributed by atoms with Gasteiger partial charge in [-0.15, -0.1) is 0 Å². The van der Waals surface area contributed by atoms with Gasteiger partial charge in [-0.1, -0.05) is 44.2 Å².